The fourth-order valence-electron chi connectivity index (χ4n) is 2.35. The number of allylic oxidation sites excluding steroid dienone is 1. The van der Waals surface area contributed by atoms with E-state index in [0.29, 0.717) is 6.42 Å². The lowest BCUT2D eigenvalue weighted by atomic mass is 9.94. The van der Waals surface area contributed by atoms with E-state index in [1.807, 2.05) is 69.3 Å². The van der Waals surface area contributed by atoms with E-state index in [2.05, 4.69) is 4.98 Å². The number of rotatable bonds is 7. The number of nitrogens with zero attached hydrogens (tertiary/aromatic N) is 1. The smallest absolute Gasteiger partial charge is 0.334 e. The molecule has 0 aliphatic carbocycles. The van der Waals surface area contributed by atoms with Gasteiger partial charge in [0.2, 0.25) is 0 Å². The fraction of sp³-hybridized carbons (Fsp3) is 0.364. The van der Waals surface area contributed by atoms with Crippen molar-refractivity contribution < 1.29 is 19.4 Å². The average molecular weight is 369 g/mol. The molecule has 1 atom stereocenters. The molecular weight excluding hydrogens is 342 g/mol. The van der Waals surface area contributed by atoms with Crippen LogP contribution in [0.1, 0.15) is 26.5 Å². The van der Waals surface area contributed by atoms with Crippen LogP contribution in [0, 0.1) is 5.41 Å². The van der Waals surface area contributed by atoms with Crippen molar-refractivity contribution in [3.05, 3.63) is 66.1 Å². The first kappa shape index (κ1) is 20.6. The Balaban J connectivity index is 1.98. The first-order valence-electron chi connectivity index (χ1n) is 8.91. The van der Waals surface area contributed by atoms with Gasteiger partial charge in [0.1, 0.15) is 12.4 Å². The number of aliphatic hydroxyl groups is 1. The van der Waals surface area contributed by atoms with E-state index in [1.54, 1.807) is 7.11 Å². The standard InChI is InChI=1S/C22H27NO4/c1-22(2,3)20(24)14-21(25)27-15-18(26-4)13-17-11-8-12-19(23-17)16-9-6-5-7-10-16/h5-12,14,18,24H,13,15H2,1-4H3. The van der Waals surface area contributed by atoms with E-state index in [1.165, 1.54) is 0 Å². The molecule has 2 rings (SSSR count). The molecule has 1 heterocycles. The Hall–Kier alpha value is -2.66. The summed E-state index contributed by atoms with van der Waals surface area (Å²) < 4.78 is 10.6. The number of hydrogen-bond acceptors (Lipinski definition) is 5. The van der Waals surface area contributed by atoms with Crippen molar-refractivity contribution in [2.45, 2.75) is 33.3 Å². The summed E-state index contributed by atoms with van der Waals surface area (Å²) in [6.45, 7) is 5.53. The quantitative estimate of drug-likeness (QED) is 0.447. The number of hydrogen-bond donors (Lipinski definition) is 1. The number of benzene rings is 1. The zero-order valence-corrected chi connectivity index (χ0v) is 16.3. The highest BCUT2D eigenvalue weighted by Crippen LogP contribution is 2.22. The van der Waals surface area contributed by atoms with Gasteiger partial charge in [-0.2, -0.15) is 0 Å². The molecule has 0 saturated carbocycles. The molecule has 5 heteroatoms. The first-order valence-corrected chi connectivity index (χ1v) is 8.91. The van der Waals surface area contributed by atoms with E-state index in [0.717, 1.165) is 23.0 Å². The number of aliphatic hydroxyl groups excluding tert-OH is 1. The highest BCUT2D eigenvalue weighted by atomic mass is 16.6. The molecule has 2 aromatic rings. The number of aromatic nitrogens is 1. The van der Waals surface area contributed by atoms with Gasteiger partial charge in [-0.25, -0.2) is 4.79 Å². The molecule has 1 unspecified atom stereocenters. The summed E-state index contributed by atoms with van der Waals surface area (Å²) in [5, 5.41) is 9.87. The molecular formula is C22H27NO4. The fourth-order valence-corrected chi connectivity index (χ4v) is 2.35. The molecule has 5 nitrogen and oxygen atoms in total. The molecule has 1 aromatic heterocycles. The second-order valence-electron chi connectivity index (χ2n) is 7.35. The molecule has 27 heavy (non-hydrogen) atoms. The average Bonchev–Trinajstić information content (AvgIpc) is 2.65. The SMILES string of the molecule is COC(COC(=O)C=C(O)C(C)(C)C)Cc1cccc(-c2ccccc2)n1. The Morgan fingerprint density at radius 2 is 1.85 bits per heavy atom. The maximum absolute atomic E-state index is 11.9. The van der Waals surface area contributed by atoms with E-state index in [4.69, 9.17) is 9.47 Å². The summed E-state index contributed by atoms with van der Waals surface area (Å²) in [6, 6.07) is 15.8. The van der Waals surface area contributed by atoms with E-state index in [9.17, 15) is 9.90 Å². The van der Waals surface area contributed by atoms with E-state index < -0.39 is 11.4 Å². The second kappa shape index (κ2) is 9.33. The summed E-state index contributed by atoms with van der Waals surface area (Å²) >= 11 is 0. The Morgan fingerprint density at radius 1 is 1.15 bits per heavy atom. The van der Waals surface area contributed by atoms with Crippen LogP contribution in [0.25, 0.3) is 11.3 Å². The van der Waals surface area contributed by atoms with Crippen LogP contribution in [0.2, 0.25) is 0 Å². The van der Waals surface area contributed by atoms with Gasteiger partial charge in [-0.15, -0.1) is 0 Å². The Bertz CT molecular complexity index is 778. The number of methoxy groups -OCH3 is 1. The third-order valence-corrected chi connectivity index (χ3v) is 4.08. The van der Waals surface area contributed by atoms with E-state index in [-0.39, 0.29) is 18.5 Å². The van der Waals surface area contributed by atoms with Crippen molar-refractivity contribution in [2.75, 3.05) is 13.7 Å². The Kier molecular flexibility index (Phi) is 7.13. The predicted molar refractivity (Wildman–Crippen MR) is 105 cm³/mol. The van der Waals surface area contributed by atoms with Crippen molar-refractivity contribution in [2.24, 2.45) is 5.41 Å². The van der Waals surface area contributed by atoms with Crippen LogP contribution in [0.3, 0.4) is 0 Å². The van der Waals surface area contributed by atoms with Gasteiger partial charge < -0.3 is 14.6 Å². The Morgan fingerprint density at radius 3 is 2.48 bits per heavy atom. The molecule has 0 aliphatic heterocycles. The van der Waals surface area contributed by atoms with Gasteiger partial charge in [-0.05, 0) is 12.1 Å². The molecule has 0 amide bonds. The van der Waals surface area contributed by atoms with Gasteiger partial charge >= 0.3 is 5.97 Å². The number of carbonyl (C=O) groups excluding carboxylic acids is 1. The van der Waals surface area contributed by atoms with Crippen molar-refractivity contribution in [1.82, 2.24) is 4.98 Å². The molecule has 144 valence electrons. The topological polar surface area (TPSA) is 68.7 Å². The lowest BCUT2D eigenvalue weighted by Gasteiger charge is -2.18. The lowest BCUT2D eigenvalue weighted by molar-refractivity contribution is -0.141. The minimum absolute atomic E-state index is 0.0151. The third-order valence-electron chi connectivity index (χ3n) is 4.08. The highest BCUT2D eigenvalue weighted by Gasteiger charge is 2.18. The maximum Gasteiger partial charge on any atom is 0.334 e. The van der Waals surface area contributed by atoms with Gasteiger partial charge in [0, 0.05) is 30.2 Å². The van der Waals surface area contributed by atoms with Crippen LogP contribution in [-0.2, 0) is 20.7 Å². The van der Waals surface area contributed by atoms with Gasteiger partial charge in [0.25, 0.3) is 0 Å². The molecule has 0 saturated heterocycles. The number of ether oxygens (including phenoxy) is 2. The highest BCUT2D eigenvalue weighted by molar-refractivity contribution is 5.82. The van der Waals surface area contributed by atoms with Crippen molar-refractivity contribution >= 4 is 5.97 Å². The number of pyridine rings is 1. The molecule has 0 spiro atoms. The van der Waals surface area contributed by atoms with Gasteiger partial charge in [0.05, 0.1) is 17.9 Å². The molecule has 0 radical (unpaired) electrons. The van der Waals surface area contributed by atoms with Crippen LogP contribution < -0.4 is 0 Å². The summed E-state index contributed by atoms with van der Waals surface area (Å²) in [7, 11) is 1.57. The zero-order valence-electron chi connectivity index (χ0n) is 16.3. The minimum atomic E-state index is -0.588. The van der Waals surface area contributed by atoms with Gasteiger partial charge in [0.15, 0.2) is 0 Å². The lowest BCUT2D eigenvalue weighted by Crippen LogP contribution is -2.23. The monoisotopic (exact) mass is 369 g/mol. The molecule has 0 fully saturated rings. The zero-order chi connectivity index (χ0) is 19.9. The summed E-state index contributed by atoms with van der Waals surface area (Å²) in [5.41, 5.74) is 2.29. The normalized spacial score (nSPS) is 13.3. The van der Waals surface area contributed by atoms with Crippen molar-refractivity contribution in [3.8, 4) is 11.3 Å². The van der Waals surface area contributed by atoms with Crippen LogP contribution in [0.15, 0.2) is 60.4 Å². The Labute approximate surface area is 160 Å². The van der Waals surface area contributed by atoms with Crippen LogP contribution in [0.5, 0.6) is 0 Å². The van der Waals surface area contributed by atoms with E-state index >= 15 is 0 Å². The van der Waals surface area contributed by atoms with Gasteiger partial charge in [-0.1, -0.05) is 57.2 Å². The second-order valence-corrected chi connectivity index (χ2v) is 7.35. The maximum atomic E-state index is 11.9. The molecule has 0 aliphatic rings. The van der Waals surface area contributed by atoms with Crippen LogP contribution in [-0.4, -0.2) is 35.9 Å². The van der Waals surface area contributed by atoms with Crippen molar-refractivity contribution in [3.63, 3.8) is 0 Å². The van der Waals surface area contributed by atoms with Crippen molar-refractivity contribution in [1.29, 1.82) is 0 Å². The first-order chi connectivity index (χ1) is 12.8. The third kappa shape index (κ3) is 6.53. The predicted octanol–water partition coefficient (Wildman–Crippen LogP) is 4.34. The number of esters is 1. The molecule has 0 bridgehead atoms. The van der Waals surface area contributed by atoms with Crippen LogP contribution in [0.4, 0.5) is 0 Å². The summed E-state index contributed by atoms with van der Waals surface area (Å²) in [4.78, 5) is 16.5. The largest absolute Gasteiger partial charge is 0.511 e. The summed E-state index contributed by atoms with van der Waals surface area (Å²) in [6.07, 6.45) is 1.30. The minimum Gasteiger partial charge on any atom is -0.511 e. The van der Waals surface area contributed by atoms with Crippen LogP contribution >= 0.6 is 0 Å². The molecule has 1 aromatic carbocycles. The summed E-state index contributed by atoms with van der Waals surface area (Å²) in [5.74, 6) is -0.603. The molecule has 1 N–H and O–H groups in total. The van der Waals surface area contributed by atoms with Gasteiger partial charge in [-0.3, -0.25) is 4.98 Å². The number of carbonyl (C=O) groups is 1.